The number of aromatic nitrogens is 4. The number of piperidine rings is 1. The number of hydrogen-bond acceptors (Lipinski definition) is 5. The van der Waals surface area contributed by atoms with Crippen molar-refractivity contribution >= 4 is 5.91 Å². The van der Waals surface area contributed by atoms with E-state index in [4.69, 9.17) is 0 Å². The standard InChI is InChI=1S/C15H19N5O2/c21-13-7-4-8-19(10-13)15(22)14(20-11-16-17-18-20)9-12-5-2-1-3-6-12/h1-3,5-6,11,13-14,21H,4,7-10H2. The fourth-order valence-corrected chi connectivity index (χ4v) is 2.81. The summed E-state index contributed by atoms with van der Waals surface area (Å²) in [5, 5.41) is 21.0. The predicted molar refractivity (Wildman–Crippen MR) is 78.8 cm³/mol. The maximum absolute atomic E-state index is 12.8. The predicted octanol–water partition coefficient (Wildman–Crippen LogP) is 0.440. The van der Waals surface area contributed by atoms with Gasteiger partial charge >= 0.3 is 0 Å². The van der Waals surface area contributed by atoms with Gasteiger partial charge < -0.3 is 10.0 Å². The number of rotatable bonds is 4. The molecule has 1 aliphatic heterocycles. The Hall–Kier alpha value is -2.28. The number of benzene rings is 1. The lowest BCUT2D eigenvalue weighted by Crippen LogP contribution is -2.46. The molecule has 1 aromatic heterocycles. The van der Waals surface area contributed by atoms with Crippen LogP contribution in [0.15, 0.2) is 36.7 Å². The second-order valence-electron chi connectivity index (χ2n) is 5.58. The maximum atomic E-state index is 12.8. The summed E-state index contributed by atoms with van der Waals surface area (Å²) >= 11 is 0. The van der Waals surface area contributed by atoms with E-state index in [1.54, 1.807) is 4.90 Å². The number of tetrazole rings is 1. The van der Waals surface area contributed by atoms with E-state index in [1.165, 1.54) is 11.0 Å². The first kappa shape index (κ1) is 14.6. The molecule has 0 aliphatic carbocycles. The molecule has 3 rings (SSSR count). The average Bonchev–Trinajstić information content (AvgIpc) is 3.07. The Balaban J connectivity index is 1.80. The molecule has 2 atom stereocenters. The summed E-state index contributed by atoms with van der Waals surface area (Å²) in [6.07, 6.45) is 3.12. The van der Waals surface area contributed by atoms with Gasteiger partial charge in [0.05, 0.1) is 6.10 Å². The molecule has 0 saturated carbocycles. The summed E-state index contributed by atoms with van der Waals surface area (Å²) in [5.74, 6) is -0.0464. The minimum absolute atomic E-state index is 0.0464. The molecule has 7 nitrogen and oxygen atoms in total. The molecule has 1 aromatic carbocycles. The second kappa shape index (κ2) is 6.65. The lowest BCUT2D eigenvalue weighted by atomic mass is 10.0. The normalized spacial score (nSPS) is 19.9. The number of carbonyl (C=O) groups is 1. The zero-order chi connectivity index (χ0) is 15.4. The minimum atomic E-state index is -0.484. The van der Waals surface area contributed by atoms with E-state index in [1.807, 2.05) is 30.3 Å². The van der Waals surface area contributed by atoms with Crippen LogP contribution < -0.4 is 0 Å². The van der Waals surface area contributed by atoms with Gasteiger partial charge in [-0.15, -0.1) is 5.10 Å². The van der Waals surface area contributed by atoms with Gasteiger partial charge in [-0.2, -0.15) is 0 Å². The van der Waals surface area contributed by atoms with Crippen molar-refractivity contribution < 1.29 is 9.90 Å². The first-order valence-corrected chi connectivity index (χ1v) is 7.47. The SMILES string of the molecule is O=C(C(Cc1ccccc1)n1cnnn1)N1CCCC(O)C1. The summed E-state index contributed by atoms with van der Waals surface area (Å²) < 4.78 is 1.50. The third-order valence-electron chi connectivity index (χ3n) is 3.95. The third-order valence-corrected chi connectivity index (χ3v) is 3.95. The molecule has 0 spiro atoms. The highest BCUT2D eigenvalue weighted by Gasteiger charge is 2.30. The molecular formula is C15H19N5O2. The number of carbonyl (C=O) groups excluding carboxylic acids is 1. The van der Waals surface area contributed by atoms with E-state index < -0.39 is 12.1 Å². The molecule has 1 N–H and O–H groups in total. The molecule has 1 fully saturated rings. The van der Waals surface area contributed by atoms with Gasteiger partial charge in [0.25, 0.3) is 0 Å². The van der Waals surface area contributed by atoms with Crippen molar-refractivity contribution in [3.05, 3.63) is 42.2 Å². The molecule has 7 heteroatoms. The first-order valence-electron chi connectivity index (χ1n) is 7.47. The van der Waals surface area contributed by atoms with Crippen molar-refractivity contribution in [1.29, 1.82) is 0 Å². The Labute approximate surface area is 128 Å². The fraction of sp³-hybridized carbons (Fsp3) is 0.467. The summed E-state index contributed by atoms with van der Waals surface area (Å²) in [5.41, 5.74) is 1.05. The van der Waals surface area contributed by atoms with E-state index >= 15 is 0 Å². The van der Waals surface area contributed by atoms with Crippen LogP contribution in [-0.4, -0.2) is 55.3 Å². The van der Waals surface area contributed by atoms with Crippen LogP contribution >= 0.6 is 0 Å². The van der Waals surface area contributed by atoms with E-state index in [0.717, 1.165) is 18.4 Å². The van der Waals surface area contributed by atoms with Crippen LogP contribution in [0.1, 0.15) is 24.4 Å². The minimum Gasteiger partial charge on any atom is -0.391 e. The topological polar surface area (TPSA) is 84.1 Å². The monoisotopic (exact) mass is 301 g/mol. The molecule has 1 saturated heterocycles. The van der Waals surface area contributed by atoms with Crippen molar-refractivity contribution in [3.63, 3.8) is 0 Å². The molecule has 22 heavy (non-hydrogen) atoms. The Bertz CT molecular complexity index is 602. The largest absolute Gasteiger partial charge is 0.391 e. The number of aliphatic hydroxyl groups excluding tert-OH is 1. The number of β-amino-alcohol motifs (C(OH)–C–C–N with tert-alkyl or cyclic N) is 1. The first-order chi connectivity index (χ1) is 10.7. The molecule has 0 bridgehead atoms. The van der Waals surface area contributed by atoms with Gasteiger partial charge in [-0.05, 0) is 28.8 Å². The number of hydrogen-bond donors (Lipinski definition) is 1. The fourth-order valence-electron chi connectivity index (χ4n) is 2.81. The molecule has 2 heterocycles. The highest BCUT2D eigenvalue weighted by atomic mass is 16.3. The smallest absolute Gasteiger partial charge is 0.248 e. The summed E-state index contributed by atoms with van der Waals surface area (Å²) in [6, 6.07) is 9.31. The molecule has 1 aliphatic rings. The molecular weight excluding hydrogens is 282 g/mol. The van der Waals surface area contributed by atoms with Gasteiger partial charge in [0, 0.05) is 19.5 Å². The number of nitrogens with zero attached hydrogens (tertiary/aromatic N) is 5. The van der Waals surface area contributed by atoms with Crippen LogP contribution in [0.4, 0.5) is 0 Å². The molecule has 2 unspecified atom stereocenters. The lowest BCUT2D eigenvalue weighted by molar-refractivity contribution is -0.138. The van der Waals surface area contributed by atoms with E-state index in [0.29, 0.717) is 19.5 Å². The second-order valence-corrected chi connectivity index (χ2v) is 5.58. The zero-order valence-electron chi connectivity index (χ0n) is 12.2. The molecule has 1 amide bonds. The Morgan fingerprint density at radius 1 is 1.36 bits per heavy atom. The van der Waals surface area contributed by atoms with Gasteiger partial charge in [-0.1, -0.05) is 30.3 Å². The highest BCUT2D eigenvalue weighted by Crippen LogP contribution is 2.19. The van der Waals surface area contributed by atoms with Gasteiger partial charge in [-0.3, -0.25) is 4.79 Å². The highest BCUT2D eigenvalue weighted by molar-refractivity contribution is 5.80. The summed E-state index contributed by atoms with van der Waals surface area (Å²) in [7, 11) is 0. The third kappa shape index (κ3) is 3.30. The van der Waals surface area contributed by atoms with Gasteiger partial charge in [0.15, 0.2) is 0 Å². The van der Waals surface area contributed by atoms with E-state index in [-0.39, 0.29) is 5.91 Å². The van der Waals surface area contributed by atoms with Crippen LogP contribution in [-0.2, 0) is 11.2 Å². The number of amides is 1. The summed E-state index contributed by atoms with van der Waals surface area (Å²) in [6.45, 7) is 1.05. The Kier molecular flexibility index (Phi) is 4.43. The van der Waals surface area contributed by atoms with Gasteiger partial charge in [0.2, 0.25) is 5.91 Å². The van der Waals surface area contributed by atoms with Gasteiger partial charge in [-0.25, -0.2) is 4.68 Å². The van der Waals surface area contributed by atoms with E-state index in [2.05, 4.69) is 15.5 Å². The Morgan fingerprint density at radius 3 is 2.86 bits per heavy atom. The zero-order valence-corrected chi connectivity index (χ0v) is 12.2. The number of aliphatic hydroxyl groups is 1. The van der Waals surface area contributed by atoms with E-state index in [9.17, 15) is 9.90 Å². The quantitative estimate of drug-likeness (QED) is 0.886. The van der Waals surface area contributed by atoms with Crippen molar-refractivity contribution in [2.24, 2.45) is 0 Å². The average molecular weight is 301 g/mol. The van der Waals surface area contributed by atoms with Crippen LogP contribution in [0.3, 0.4) is 0 Å². The van der Waals surface area contributed by atoms with Crippen molar-refractivity contribution in [2.75, 3.05) is 13.1 Å². The molecule has 116 valence electrons. The van der Waals surface area contributed by atoms with Crippen molar-refractivity contribution in [2.45, 2.75) is 31.4 Å². The lowest BCUT2D eigenvalue weighted by Gasteiger charge is -2.32. The van der Waals surface area contributed by atoms with Crippen LogP contribution in [0.25, 0.3) is 0 Å². The van der Waals surface area contributed by atoms with Crippen LogP contribution in [0.5, 0.6) is 0 Å². The molecule has 0 radical (unpaired) electrons. The molecule has 2 aromatic rings. The van der Waals surface area contributed by atoms with Gasteiger partial charge in [0.1, 0.15) is 12.4 Å². The maximum Gasteiger partial charge on any atom is 0.248 e. The number of likely N-dealkylation sites (tertiary alicyclic amines) is 1. The van der Waals surface area contributed by atoms with Crippen molar-refractivity contribution in [1.82, 2.24) is 25.1 Å². The summed E-state index contributed by atoms with van der Waals surface area (Å²) in [4.78, 5) is 14.6. The van der Waals surface area contributed by atoms with Crippen LogP contribution in [0.2, 0.25) is 0 Å². The van der Waals surface area contributed by atoms with Crippen molar-refractivity contribution in [3.8, 4) is 0 Å². The Morgan fingerprint density at radius 2 is 2.18 bits per heavy atom. The van der Waals surface area contributed by atoms with Crippen LogP contribution in [0, 0.1) is 0 Å².